The third-order valence-electron chi connectivity index (χ3n) is 2.43. The molecule has 1 aromatic carbocycles. The third kappa shape index (κ3) is 2.88. The molecule has 0 aromatic heterocycles. The quantitative estimate of drug-likeness (QED) is 0.833. The van der Waals surface area contributed by atoms with Gasteiger partial charge in [-0.05, 0) is 17.7 Å². The molecule has 2 rings (SSSR count). The lowest BCUT2D eigenvalue weighted by atomic mass is 10.1. The van der Waals surface area contributed by atoms with Gasteiger partial charge >= 0.3 is 0 Å². The van der Waals surface area contributed by atoms with Crippen molar-refractivity contribution >= 4 is 50.5 Å². The van der Waals surface area contributed by atoms with Gasteiger partial charge in [-0.2, -0.15) is 0 Å². The van der Waals surface area contributed by atoms with Crippen molar-refractivity contribution in [1.29, 1.82) is 0 Å². The first-order valence-corrected chi connectivity index (χ1v) is 7.66. The van der Waals surface area contributed by atoms with E-state index in [0.717, 1.165) is 0 Å². The molecule has 1 aliphatic rings. The summed E-state index contributed by atoms with van der Waals surface area (Å²) in [7, 11) is -3.51. The molecule has 0 aliphatic carbocycles. The molecule has 2 N–H and O–H groups in total. The highest BCUT2D eigenvalue weighted by molar-refractivity contribution is 7.92. The molecule has 0 saturated heterocycles. The molecule has 5 nitrogen and oxygen atoms in total. The highest BCUT2D eigenvalue weighted by atomic mass is 35.5. The summed E-state index contributed by atoms with van der Waals surface area (Å²) in [5.74, 6) is -0.335. The minimum Gasteiger partial charge on any atom is -0.325 e. The van der Waals surface area contributed by atoms with Gasteiger partial charge in [0.05, 0.1) is 22.9 Å². The van der Waals surface area contributed by atoms with Crippen molar-refractivity contribution in [1.82, 2.24) is 0 Å². The molecule has 8 heteroatoms. The predicted octanol–water partition coefficient (Wildman–Crippen LogP) is 1.82. The van der Waals surface area contributed by atoms with Crippen LogP contribution in [-0.4, -0.2) is 26.0 Å². The zero-order chi connectivity index (χ0) is 13.3. The second-order valence-corrected chi connectivity index (χ2v) is 6.45. The van der Waals surface area contributed by atoms with Crippen molar-refractivity contribution in [3.05, 3.63) is 22.7 Å². The minimum absolute atomic E-state index is 0.00205. The van der Waals surface area contributed by atoms with E-state index in [4.69, 9.17) is 23.2 Å². The Hall–Kier alpha value is -0.980. The number of hydrogen-bond acceptors (Lipinski definition) is 3. The number of nitrogens with one attached hydrogen (secondary N) is 2. The summed E-state index contributed by atoms with van der Waals surface area (Å²) in [6.07, 6.45) is 0.219. The Morgan fingerprint density at radius 1 is 1.39 bits per heavy atom. The fraction of sp³-hybridized carbons (Fsp3) is 0.300. The molecule has 0 fully saturated rings. The summed E-state index contributed by atoms with van der Waals surface area (Å²) in [5.41, 5.74) is 1.59. The SMILES string of the molecule is O=C1Cc2cc(NS(=O)(=O)CCCl)c(Cl)cc2N1. The number of alkyl halides is 1. The number of amides is 1. The van der Waals surface area contributed by atoms with Crippen LogP contribution in [-0.2, 0) is 21.2 Å². The maximum atomic E-state index is 11.6. The van der Waals surface area contributed by atoms with Gasteiger partial charge in [0.15, 0.2) is 0 Å². The third-order valence-corrected chi connectivity index (χ3v) is 4.43. The Balaban J connectivity index is 2.31. The fourth-order valence-corrected chi connectivity index (χ4v) is 3.33. The van der Waals surface area contributed by atoms with Crippen LogP contribution in [0.2, 0.25) is 5.02 Å². The van der Waals surface area contributed by atoms with Crippen molar-refractivity contribution in [2.24, 2.45) is 0 Å². The second kappa shape index (κ2) is 4.95. The fourth-order valence-electron chi connectivity index (χ4n) is 1.65. The van der Waals surface area contributed by atoms with Gasteiger partial charge in [-0.1, -0.05) is 11.6 Å². The normalized spacial score (nSPS) is 14.2. The van der Waals surface area contributed by atoms with Gasteiger partial charge in [0.25, 0.3) is 0 Å². The lowest BCUT2D eigenvalue weighted by molar-refractivity contribution is -0.115. The van der Waals surface area contributed by atoms with E-state index in [1.54, 1.807) is 6.07 Å². The Kier molecular flexibility index (Phi) is 3.70. The number of carbonyl (C=O) groups excluding carboxylic acids is 1. The predicted molar refractivity (Wildman–Crippen MR) is 71.9 cm³/mol. The van der Waals surface area contributed by atoms with Crippen molar-refractivity contribution in [3.63, 3.8) is 0 Å². The molecule has 0 bridgehead atoms. The van der Waals surface area contributed by atoms with E-state index in [2.05, 4.69) is 10.0 Å². The standard InChI is InChI=1S/C10H10Cl2N2O3S/c11-1-2-18(16,17)14-9-3-6-4-10(15)13-8(6)5-7(9)12/h3,5,14H,1-2,4H2,(H,13,15). The van der Waals surface area contributed by atoms with E-state index in [-0.39, 0.29) is 34.7 Å². The van der Waals surface area contributed by atoms with Crippen LogP contribution in [0.3, 0.4) is 0 Å². The molecule has 1 amide bonds. The number of sulfonamides is 1. The Bertz CT molecular complexity index is 601. The van der Waals surface area contributed by atoms with Crippen molar-refractivity contribution in [2.75, 3.05) is 21.7 Å². The summed E-state index contributed by atoms with van der Waals surface area (Å²) in [6, 6.07) is 3.09. The molecule has 0 radical (unpaired) electrons. The van der Waals surface area contributed by atoms with Crippen LogP contribution < -0.4 is 10.0 Å². The van der Waals surface area contributed by atoms with Gasteiger partial charge in [-0.3, -0.25) is 9.52 Å². The Morgan fingerprint density at radius 3 is 2.78 bits per heavy atom. The van der Waals surface area contributed by atoms with E-state index in [1.807, 2.05) is 0 Å². The molecule has 18 heavy (non-hydrogen) atoms. The van der Waals surface area contributed by atoms with Crippen LogP contribution in [0.1, 0.15) is 5.56 Å². The smallest absolute Gasteiger partial charge is 0.233 e. The number of anilines is 2. The highest BCUT2D eigenvalue weighted by Gasteiger charge is 2.21. The van der Waals surface area contributed by atoms with E-state index in [1.165, 1.54) is 6.07 Å². The lowest BCUT2D eigenvalue weighted by Gasteiger charge is -2.10. The summed E-state index contributed by atoms with van der Waals surface area (Å²) in [4.78, 5) is 11.2. The first-order valence-electron chi connectivity index (χ1n) is 5.10. The number of rotatable bonds is 4. The van der Waals surface area contributed by atoms with E-state index < -0.39 is 10.0 Å². The maximum Gasteiger partial charge on any atom is 0.233 e. The van der Waals surface area contributed by atoms with Crippen molar-refractivity contribution in [2.45, 2.75) is 6.42 Å². The minimum atomic E-state index is -3.51. The van der Waals surface area contributed by atoms with Gasteiger partial charge in [0.1, 0.15) is 0 Å². The second-order valence-electron chi connectivity index (χ2n) is 3.82. The number of carbonyl (C=O) groups is 1. The van der Waals surface area contributed by atoms with Crippen LogP contribution in [0.4, 0.5) is 11.4 Å². The van der Waals surface area contributed by atoms with Crippen molar-refractivity contribution < 1.29 is 13.2 Å². The number of benzene rings is 1. The van der Waals surface area contributed by atoms with Crippen molar-refractivity contribution in [3.8, 4) is 0 Å². The van der Waals surface area contributed by atoms with Crippen LogP contribution in [0.5, 0.6) is 0 Å². The Morgan fingerprint density at radius 2 is 2.11 bits per heavy atom. The van der Waals surface area contributed by atoms with Gasteiger partial charge < -0.3 is 5.32 Å². The van der Waals surface area contributed by atoms with Crippen LogP contribution >= 0.6 is 23.2 Å². The first kappa shape index (κ1) is 13.5. The van der Waals surface area contributed by atoms with Gasteiger partial charge in [0, 0.05) is 11.6 Å². The summed E-state index contributed by atoms with van der Waals surface area (Å²) in [6.45, 7) is 0. The molecule has 98 valence electrons. The van der Waals surface area contributed by atoms with Crippen LogP contribution in [0.25, 0.3) is 0 Å². The summed E-state index contributed by atoms with van der Waals surface area (Å²) in [5, 5.41) is 2.86. The zero-order valence-corrected chi connectivity index (χ0v) is 11.5. The highest BCUT2D eigenvalue weighted by Crippen LogP contribution is 2.33. The van der Waals surface area contributed by atoms with E-state index in [9.17, 15) is 13.2 Å². The van der Waals surface area contributed by atoms with E-state index >= 15 is 0 Å². The van der Waals surface area contributed by atoms with Crippen LogP contribution in [0.15, 0.2) is 12.1 Å². The first-order chi connectivity index (χ1) is 8.41. The summed E-state index contributed by atoms with van der Waals surface area (Å²) >= 11 is 11.3. The average molecular weight is 309 g/mol. The lowest BCUT2D eigenvalue weighted by Crippen LogP contribution is -2.17. The number of hydrogen-bond donors (Lipinski definition) is 2. The molecule has 0 atom stereocenters. The molecular weight excluding hydrogens is 299 g/mol. The molecule has 0 unspecified atom stereocenters. The van der Waals surface area contributed by atoms with Gasteiger partial charge in [-0.15, -0.1) is 11.6 Å². The molecule has 1 aliphatic heterocycles. The topological polar surface area (TPSA) is 75.3 Å². The molecule has 0 spiro atoms. The summed E-state index contributed by atoms with van der Waals surface area (Å²) < 4.78 is 25.5. The Labute approximate surface area is 115 Å². The zero-order valence-electron chi connectivity index (χ0n) is 9.16. The van der Waals surface area contributed by atoms with Gasteiger partial charge in [-0.25, -0.2) is 8.42 Å². The molecule has 1 heterocycles. The average Bonchev–Trinajstić information content (AvgIpc) is 2.57. The molecule has 0 saturated carbocycles. The monoisotopic (exact) mass is 308 g/mol. The number of halogens is 2. The van der Waals surface area contributed by atoms with E-state index in [0.29, 0.717) is 11.3 Å². The molecule has 1 aromatic rings. The van der Waals surface area contributed by atoms with Crippen LogP contribution in [0, 0.1) is 0 Å². The maximum absolute atomic E-state index is 11.6. The number of fused-ring (bicyclic) bond motifs is 1. The molecular formula is C10H10Cl2N2O3S. The van der Waals surface area contributed by atoms with Gasteiger partial charge in [0.2, 0.25) is 15.9 Å². The largest absolute Gasteiger partial charge is 0.325 e.